The highest BCUT2D eigenvalue weighted by atomic mass is 16.5. The van der Waals surface area contributed by atoms with Crippen LogP contribution in [-0.4, -0.2) is 18.3 Å². The molecule has 4 nitrogen and oxygen atoms in total. The molecule has 1 aromatic carbocycles. The molecule has 0 saturated heterocycles. The first kappa shape index (κ1) is 11.2. The van der Waals surface area contributed by atoms with Gasteiger partial charge in [0, 0.05) is 0 Å². The van der Waals surface area contributed by atoms with Crippen LogP contribution in [0, 0.1) is 6.92 Å². The Labute approximate surface area is 88.0 Å². The molecule has 1 aromatic rings. The third kappa shape index (κ3) is 3.09. The number of rotatable bonds is 4. The van der Waals surface area contributed by atoms with E-state index in [4.69, 9.17) is 10.5 Å². The highest BCUT2D eigenvalue weighted by Crippen LogP contribution is 2.20. The van der Waals surface area contributed by atoms with Gasteiger partial charge < -0.3 is 10.5 Å². The van der Waals surface area contributed by atoms with Crippen LogP contribution in [0.2, 0.25) is 0 Å². The SMILES string of the molecule is CC(=O)c1cc(C)ccc1OCC(N)=O. The number of ether oxygens (including phenoxy) is 1. The van der Waals surface area contributed by atoms with Gasteiger partial charge in [0.1, 0.15) is 5.75 Å². The first-order valence-electron chi connectivity index (χ1n) is 4.53. The minimum absolute atomic E-state index is 0.0989. The van der Waals surface area contributed by atoms with Gasteiger partial charge in [-0.3, -0.25) is 9.59 Å². The lowest BCUT2D eigenvalue weighted by Crippen LogP contribution is -2.20. The smallest absolute Gasteiger partial charge is 0.255 e. The highest BCUT2D eigenvalue weighted by Gasteiger charge is 2.09. The highest BCUT2D eigenvalue weighted by molar-refractivity contribution is 5.97. The fraction of sp³-hybridized carbons (Fsp3) is 0.273. The Kier molecular flexibility index (Phi) is 3.44. The number of carbonyl (C=O) groups excluding carboxylic acids is 2. The molecule has 0 heterocycles. The Hall–Kier alpha value is -1.84. The van der Waals surface area contributed by atoms with E-state index in [1.54, 1.807) is 12.1 Å². The Bertz CT molecular complexity index is 399. The van der Waals surface area contributed by atoms with Crippen LogP contribution >= 0.6 is 0 Å². The van der Waals surface area contributed by atoms with Crippen LogP contribution in [0.25, 0.3) is 0 Å². The fourth-order valence-electron chi connectivity index (χ4n) is 1.19. The quantitative estimate of drug-likeness (QED) is 0.750. The molecule has 0 aliphatic heterocycles. The van der Waals surface area contributed by atoms with Gasteiger partial charge in [-0.2, -0.15) is 0 Å². The van der Waals surface area contributed by atoms with Crippen LogP contribution in [0.3, 0.4) is 0 Å². The predicted octanol–water partition coefficient (Wildman–Crippen LogP) is 1.06. The first-order valence-corrected chi connectivity index (χ1v) is 4.53. The normalized spacial score (nSPS) is 9.73. The summed E-state index contributed by atoms with van der Waals surface area (Å²) in [6, 6.07) is 5.19. The van der Waals surface area contributed by atoms with Gasteiger partial charge in [0.25, 0.3) is 5.91 Å². The molecule has 0 atom stereocenters. The van der Waals surface area contributed by atoms with E-state index >= 15 is 0 Å². The molecule has 0 fully saturated rings. The number of ketones is 1. The lowest BCUT2D eigenvalue weighted by molar-refractivity contribution is -0.119. The number of hydrogen-bond donors (Lipinski definition) is 1. The second-order valence-electron chi connectivity index (χ2n) is 3.31. The summed E-state index contributed by atoms with van der Waals surface area (Å²) in [7, 11) is 0. The van der Waals surface area contributed by atoms with E-state index in [-0.39, 0.29) is 12.4 Å². The summed E-state index contributed by atoms with van der Waals surface area (Å²) in [6.07, 6.45) is 0. The van der Waals surface area contributed by atoms with Crippen molar-refractivity contribution in [2.45, 2.75) is 13.8 Å². The van der Waals surface area contributed by atoms with E-state index < -0.39 is 5.91 Å². The monoisotopic (exact) mass is 207 g/mol. The second kappa shape index (κ2) is 4.59. The molecule has 0 radical (unpaired) electrons. The molecule has 0 aliphatic rings. The van der Waals surface area contributed by atoms with Gasteiger partial charge in [-0.15, -0.1) is 0 Å². The Morgan fingerprint density at radius 1 is 1.40 bits per heavy atom. The summed E-state index contributed by atoms with van der Waals surface area (Å²) in [5.41, 5.74) is 6.38. The Morgan fingerprint density at radius 2 is 2.07 bits per heavy atom. The maximum absolute atomic E-state index is 11.3. The van der Waals surface area contributed by atoms with Gasteiger partial charge in [-0.25, -0.2) is 0 Å². The van der Waals surface area contributed by atoms with E-state index in [1.165, 1.54) is 6.92 Å². The van der Waals surface area contributed by atoms with Crippen molar-refractivity contribution in [2.75, 3.05) is 6.61 Å². The van der Waals surface area contributed by atoms with E-state index in [9.17, 15) is 9.59 Å². The number of amides is 1. The molecular weight excluding hydrogens is 194 g/mol. The van der Waals surface area contributed by atoms with Gasteiger partial charge in [-0.05, 0) is 26.0 Å². The number of nitrogens with two attached hydrogens (primary N) is 1. The third-order valence-electron chi connectivity index (χ3n) is 1.88. The number of carbonyl (C=O) groups is 2. The average Bonchev–Trinajstić information content (AvgIpc) is 2.15. The molecule has 0 spiro atoms. The molecule has 0 unspecified atom stereocenters. The zero-order chi connectivity index (χ0) is 11.4. The predicted molar refractivity (Wildman–Crippen MR) is 55.9 cm³/mol. The fourth-order valence-corrected chi connectivity index (χ4v) is 1.19. The molecule has 2 N–H and O–H groups in total. The van der Waals surface area contributed by atoms with Crippen LogP contribution in [0.4, 0.5) is 0 Å². The number of Topliss-reactive ketones (excluding diaryl/α,β-unsaturated/α-hetero) is 1. The van der Waals surface area contributed by atoms with E-state index in [0.29, 0.717) is 11.3 Å². The molecule has 0 aromatic heterocycles. The average molecular weight is 207 g/mol. The van der Waals surface area contributed by atoms with E-state index in [1.807, 2.05) is 13.0 Å². The van der Waals surface area contributed by atoms with Crippen LogP contribution in [0.15, 0.2) is 18.2 Å². The van der Waals surface area contributed by atoms with E-state index in [2.05, 4.69) is 0 Å². The van der Waals surface area contributed by atoms with Crippen molar-refractivity contribution >= 4 is 11.7 Å². The van der Waals surface area contributed by atoms with Gasteiger partial charge in [0.2, 0.25) is 0 Å². The minimum Gasteiger partial charge on any atom is -0.483 e. The zero-order valence-electron chi connectivity index (χ0n) is 8.74. The Morgan fingerprint density at radius 3 is 2.60 bits per heavy atom. The lowest BCUT2D eigenvalue weighted by Gasteiger charge is -2.08. The molecule has 1 amide bonds. The third-order valence-corrected chi connectivity index (χ3v) is 1.88. The van der Waals surface area contributed by atoms with E-state index in [0.717, 1.165) is 5.56 Å². The molecule has 80 valence electrons. The van der Waals surface area contributed by atoms with Crippen molar-refractivity contribution in [1.29, 1.82) is 0 Å². The lowest BCUT2D eigenvalue weighted by atomic mass is 10.1. The summed E-state index contributed by atoms with van der Waals surface area (Å²) < 4.78 is 5.12. The molecule has 4 heteroatoms. The first-order chi connectivity index (χ1) is 7.00. The summed E-state index contributed by atoms with van der Waals surface area (Å²) in [4.78, 5) is 21.8. The van der Waals surface area contributed by atoms with Gasteiger partial charge >= 0.3 is 0 Å². The van der Waals surface area contributed by atoms with Crippen molar-refractivity contribution in [3.63, 3.8) is 0 Å². The minimum atomic E-state index is -0.565. The molecule has 15 heavy (non-hydrogen) atoms. The second-order valence-corrected chi connectivity index (χ2v) is 3.31. The maximum atomic E-state index is 11.3. The van der Waals surface area contributed by atoms with Gasteiger partial charge in [0.15, 0.2) is 12.4 Å². The van der Waals surface area contributed by atoms with Gasteiger partial charge in [0.05, 0.1) is 5.56 Å². The van der Waals surface area contributed by atoms with Crippen LogP contribution in [-0.2, 0) is 4.79 Å². The van der Waals surface area contributed by atoms with Crippen LogP contribution < -0.4 is 10.5 Å². The van der Waals surface area contributed by atoms with Crippen molar-refractivity contribution in [3.05, 3.63) is 29.3 Å². The largest absolute Gasteiger partial charge is 0.483 e. The van der Waals surface area contributed by atoms with Crippen molar-refractivity contribution in [1.82, 2.24) is 0 Å². The molecule has 0 bridgehead atoms. The molecule has 0 aliphatic carbocycles. The molecule has 1 rings (SSSR count). The van der Waals surface area contributed by atoms with Crippen molar-refractivity contribution in [3.8, 4) is 5.75 Å². The maximum Gasteiger partial charge on any atom is 0.255 e. The summed E-state index contributed by atoms with van der Waals surface area (Å²) in [5, 5.41) is 0. The number of benzene rings is 1. The number of hydrogen-bond acceptors (Lipinski definition) is 3. The Balaban J connectivity index is 2.95. The number of aryl methyl sites for hydroxylation is 1. The topological polar surface area (TPSA) is 69.4 Å². The molecule has 0 saturated carbocycles. The van der Waals surface area contributed by atoms with Crippen LogP contribution in [0.1, 0.15) is 22.8 Å². The summed E-state index contributed by atoms with van der Waals surface area (Å²) >= 11 is 0. The summed E-state index contributed by atoms with van der Waals surface area (Å²) in [6.45, 7) is 3.11. The van der Waals surface area contributed by atoms with Gasteiger partial charge in [-0.1, -0.05) is 11.6 Å². The standard InChI is InChI=1S/C11H13NO3/c1-7-3-4-10(15-6-11(12)14)9(5-7)8(2)13/h3-5H,6H2,1-2H3,(H2,12,14). The van der Waals surface area contributed by atoms with Crippen molar-refractivity contribution < 1.29 is 14.3 Å². The van der Waals surface area contributed by atoms with Crippen molar-refractivity contribution in [2.24, 2.45) is 5.73 Å². The summed E-state index contributed by atoms with van der Waals surface area (Å²) in [5.74, 6) is -0.268. The molecular formula is C11H13NO3. The van der Waals surface area contributed by atoms with Crippen LogP contribution in [0.5, 0.6) is 5.75 Å². The number of primary amides is 1. The zero-order valence-corrected chi connectivity index (χ0v) is 8.74.